The average Bonchev–Trinajstić information content (AvgIpc) is 2.82. The number of ether oxygens (including phenoxy) is 1. The highest BCUT2D eigenvalue weighted by molar-refractivity contribution is 6.06. The Morgan fingerprint density at radius 2 is 1.91 bits per heavy atom. The maximum absolute atomic E-state index is 12.2. The quantitative estimate of drug-likeness (QED) is 0.876. The highest BCUT2D eigenvalue weighted by Crippen LogP contribution is 2.27. The standard InChI is InChI=1S/C16H14N2O4/c1-9(19)14-10(2)22-16(13(14)8-17)18-15(20)11-4-6-12(21-3)7-5-11/h4-7H,1-3H3,(H,18,20). The van der Waals surface area contributed by atoms with Crippen LogP contribution in [0.3, 0.4) is 0 Å². The number of amides is 1. The number of ketones is 1. The number of anilines is 1. The van der Waals surface area contributed by atoms with Gasteiger partial charge in [0.25, 0.3) is 5.91 Å². The smallest absolute Gasteiger partial charge is 0.258 e. The van der Waals surface area contributed by atoms with E-state index in [0.29, 0.717) is 17.1 Å². The first kappa shape index (κ1) is 15.3. The van der Waals surface area contributed by atoms with Crippen molar-refractivity contribution >= 4 is 17.6 Å². The monoisotopic (exact) mass is 298 g/mol. The number of nitriles is 1. The van der Waals surface area contributed by atoms with Crippen molar-refractivity contribution in [2.75, 3.05) is 12.4 Å². The Labute approximate surface area is 127 Å². The molecule has 1 N–H and O–H groups in total. The van der Waals surface area contributed by atoms with Gasteiger partial charge in [0.1, 0.15) is 23.1 Å². The summed E-state index contributed by atoms with van der Waals surface area (Å²) >= 11 is 0. The molecule has 0 saturated heterocycles. The summed E-state index contributed by atoms with van der Waals surface area (Å²) < 4.78 is 10.4. The lowest BCUT2D eigenvalue weighted by Crippen LogP contribution is -2.12. The molecule has 0 fully saturated rings. The summed E-state index contributed by atoms with van der Waals surface area (Å²) in [5, 5.41) is 11.7. The van der Waals surface area contributed by atoms with E-state index in [4.69, 9.17) is 9.15 Å². The largest absolute Gasteiger partial charge is 0.497 e. The molecule has 0 unspecified atom stereocenters. The van der Waals surface area contributed by atoms with E-state index in [0.717, 1.165) is 0 Å². The Kier molecular flexibility index (Phi) is 4.28. The first-order valence-corrected chi connectivity index (χ1v) is 6.47. The first-order valence-electron chi connectivity index (χ1n) is 6.47. The van der Waals surface area contributed by atoms with Crippen LogP contribution in [-0.4, -0.2) is 18.8 Å². The van der Waals surface area contributed by atoms with E-state index in [2.05, 4.69) is 5.32 Å². The number of nitrogens with zero attached hydrogens (tertiary/aromatic N) is 1. The molecule has 0 aliphatic rings. The van der Waals surface area contributed by atoms with Crippen molar-refractivity contribution in [2.45, 2.75) is 13.8 Å². The van der Waals surface area contributed by atoms with Gasteiger partial charge in [-0.2, -0.15) is 5.26 Å². The third-order valence-electron chi connectivity index (χ3n) is 3.13. The van der Waals surface area contributed by atoms with Gasteiger partial charge in [-0.15, -0.1) is 0 Å². The van der Waals surface area contributed by atoms with Gasteiger partial charge in [-0.1, -0.05) is 0 Å². The molecule has 1 aromatic carbocycles. The molecule has 2 rings (SSSR count). The van der Waals surface area contributed by atoms with Crippen LogP contribution in [0.25, 0.3) is 0 Å². The number of carbonyl (C=O) groups is 2. The van der Waals surface area contributed by atoms with E-state index in [1.165, 1.54) is 14.0 Å². The van der Waals surface area contributed by atoms with Crippen LogP contribution >= 0.6 is 0 Å². The number of Topliss-reactive ketones (excluding diaryl/α,β-unsaturated/α-hetero) is 1. The van der Waals surface area contributed by atoms with Gasteiger partial charge in [-0.05, 0) is 38.1 Å². The number of aryl methyl sites for hydroxylation is 1. The molecule has 1 amide bonds. The lowest BCUT2D eigenvalue weighted by Gasteiger charge is -2.04. The van der Waals surface area contributed by atoms with Gasteiger partial charge in [-0.25, -0.2) is 0 Å². The fourth-order valence-electron chi connectivity index (χ4n) is 2.08. The van der Waals surface area contributed by atoms with Crippen molar-refractivity contribution in [3.63, 3.8) is 0 Å². The van der Waals surface area contributed by atoms with E-state index in [1.54, 1.807) is 31.2 Å². The number of benzene rings is 1. The predicted molar refractivity (Wildman–Crippen MR) is 79.1 cm³/mol. The zero-order valence-electron chi connectivity index (χ0n) is 12.4. The number of hydrogen-bond acceptors (Lipinski definition) is 5. The van der Waals surface area contributed by atoms with Crippen LogP contribution in [0.2, 0.25) is 0 Å². The van der Waals surface area contributed by atoms with Gasteiger partial charge < -0.3 is 9.15 Å². The molecule has 6 nitrogen and oxygen atoms in total. The molecule has 0 aliphatic carbocycles. The van der Waals surface area contributed by atoms with Gasteiger partial charge in [0.05, 0.1) is 12.7 Å². The summed E-state index contributed by atoms with van der Waals surface area (Å²) in [6.45, 7) is 2.91. The molecule has 0 aliphatic heterocycles. The summed E-state index contributed by atoms with van der Waals surface area (Å²) in [6, 6.07) is 8.36. The number of methoxy groups -OCH3 is 1. The van der Waals surface area contributed by atoms with E-state index in [1.807, 2.05) is 6.07 Å². The molecule has 6 heteroatoms. The van der Waals surface area contributed by atoms with Crippen molar-refractivity contribution in [1.82, 2.24) is 0 Å². The Hall–Kier alpha value is -3.07. The molecule has 0 radical (unpaired) electrons. The predicted octanol–water partition coefficient (Wildman–Crippen LogP) is 2.92. The van der Waals surface area contributed by atoms with E-state index < -0.39 is 5.91 Å². The Balaban J connectivity index is 2.30. The van der Waals surface area contributed by atoms with E-state index in [-0.39, 0.29) is 22.8 Å². The Bertz CT molecular complexity index is 767. The molecule has 112 valence electrons. The van der Waals surface area contributed by atoms with Gasteiger partial charge >= 0.3 is 0 Å². The third kappa shape index (κ3) is 2.83. The number of carbonyl (C=O) groups excluding carboxylic acids is 2. The second-order valence-corrected chi connectivity index (χ2v) is 4.59. The van der Waals surface area contributed by atoms with Gasteiger partial charge in [0.2, 0.25) is 5.88 Å². The zero-order valence-corrected chi connectivity index (χ0v) is 12.4. The minimum absolute atomic E-state index is 0.0222. The number of nitrogens with one attached hydrogen (secondary N) is 1. The van der Waals surface area contributed by atoms with Crippen LogP contribution in [0.15, 0.2) is 28.7 Å². The van der Waals surface area contributed by atoms with Gasteiger partial charge in [-0.3, -0.25) is 14.9 Å². The van der Waals surface area contributed by atoms with Crippen LogP contribution in [0.4, 0.5) is 5.88 Å². The summed E-state index contributed by atoms with van der Waals surface area (Å²) in [7, 11) is 1.53. The minimum atomic E-state index is -0.442. The molecule has 1 aromatic heterocycles. The number of furan rings is 1. The van der Waals surface area contributed by atoms with Crippen molar-refractivity contribution in [3.05, 3.63) is 46.7 Å². The number of rotatable bonds is 4. The first-order chi connectivity index (χ1) is 10.5. The Morgan fingerprint density at radius 3 is 2.41 bits per heavy atom. The molecular formula is C16H14N2O4. The zero-order chi connectivity index (χ0) is 16.3. The third-order valence-corrected chi connectivity index (χ3v) is 3.13. The minimum Gasteiger partial charge on any atom is -0.497 e. The van der Waals surface area contributed by atoms with Crippen LogP contribution in [0, 0.1) is 18.3 Å². The summed E-state index contributed by atoms with van der Waals surface area (Å²) in [6.07, 6.45) is 0. The van der Waals surface area contributed by atoms with Crippen LogP contribution in [-0.2, 0) is 0 Å². The molecule has 0 bridgehead atoms. The normalized spacial score (nSPS) is 9.91. The van der Waals surface area contributed by atoms with Gasteiger partial charge in [0.15, 0.2) is 5.78 Å². The maximum Gasteiger partial charge on any atom is 0.258 e. The molecule has 2 aromatic rings. The lowest BCUT2D eigenvalue weighted by atomic mass is 10.1. The summed E-state index contributed by atoms with van der Waals surface area (Å²) in [5.74, 6) is 0.174. The Morgan fingerprint density at radius 1 is 1.27 bits per heavy atom. The average molecular weight is 298 g/mol. The lowest BCUT2D eigenvalue weighted by molar-refractivity contribution is 0.101. The van der Waals surface area contributed by atoms with Crippen molar-refractivity contribution in [3.8, 4) is 11.8 Å². The van der Waals surface area contributed by atoms with E-state index in [9.17, 15) is 14.9 Å². The molecule has 22 heavy (non-hydrogen) atoms. The maximum atomic E-state index is 12.2. The molecule has 0 saturated carbocycles. The molecule has 0 spiro atoms. The van der Waals surface area contributed by atoms with Crippen molar-refractivity contribution < 1.29 is 18.7 Å². The highest BCUT2D eigenvalue weighted by Gasteiger charge is 2.22. The van der Waals surface area contributed by atoms with Crippen LogP contribution in [0.5, 0.6) is 5.75 Å². The fraction of sp³-hybridized carbons (Fsp3) is 0.188. The van der Waals surface area contributed by atoms with Crippen molar-refractivity contribution in [2.24, 2.45) is 0 Å². The SMILES string of the molecule is COc1ccc(C(=O)Nc2oc(C)c(C(C)=O)c2C#N)cc1. The second-order valence-electron chi connectivity index (χ2n) is 4.59. The highest BCUT2D eigenvalue weighted by atomic mass is 16.5. The molecule has 1 heterocycles. The van der Waals surface area contributed by atoms with Crippen molar-refractivity contribution in [1.29, 1.82) is 5.26 Å². The second kappa shape index (κ2) is 6.14. The number of hydrogen-bond donors (Lipinski definition) is 1. The van der Waals surface area contributed by atoms with E-state index >= 15 is 0 Å². The summed E-state index contributed by atoms with van der Waals surface area (Å²) in [4.78, 5) is 23.7. The summed E-state index contributed by atoms with van der Waals surface area (Å²) in [5.41, 5.74) is 0.600. The molecular weight excluding hydrogens is 284 g/mol. The van der Waals surface area contributed by atoms with Crippen LogP contribution in [0.1, 0.15) is 39.0 Å². The fourth-order valence-corrected chi connectivity index (χ4v) is 2.08. The topological polar surface area (TPSA) is 92.3 Å². The van der Waals surface area contributed by atoms with Gasteiger partial charge in [0, 0.05) is 5.56 Å². The molecule has 0 atom stereocenters. The van der Waals surface area contributed by atoms with Crippen LogP contribution < -0.4 is 10.1 Å².